The van der Waals surface area contributed by atoms with Crippen molar-refractivity contribution in [2.24, 2.45) is 0 Å². The molecule has 0 aliphatic carbocycles. The summed E-state index contributed by atoms with van der Waals surface area (Å²) in [6.07, 6.45) is 0.748. The Bertz CT molecular complexity index is 650. The first-order valence-electron chi connectivity index (χ1n) is 5.62. The minimum Gasteiger partial charge on any atom is -0.339 e. The van der Waals surface area contributed by atoms with Crippen LogP contribution in [-0.2, 0) is 6.42 Å². The number of benzene rings is 1. The molecule has 2 aromatic rings. The maximum atomic E-state index is 9.10. The Morgan fingerprint density at radius 1 is 1.26 bits per heavy atom. The quantitative estimate of drug-likeness (QED) is 0.810. The van der Waals surface area contributed by atoms with Crippen LogP contribution in [0, 0.1) is 11.3 Å². The zero-order valence-corrected chi connectivity index (χ0v) is 13.3. The van der Waals surface area contributed by atoms with Gasteiger partial charge in [0, 0.05) is 17.0 Å². The topological polar surface area (TPSA) is 61.6 Å². The van der Waals surface area contributed by atoms with Crippen molar-refractivity contribution in [1.82, 2.24) is 9.97 Å². The van der Waals surface area contributed by atoms with Gasteiger partial charge in [-0.15, -0.1) is 0 Å². The van der Waals surface area contributed by atoms with Crippen molar-refractivity contribution in [1.29, 1.82) is 5.26 Å². The molecule has 0 aliphatic heterocycles. The molecule has 1 aromatic heterocycles. The van der Waals surface area contributed by atoms with Crippen molar-refractivity contribution in [2.75, 3.05) is 5.32 Å². The standard InChI is InChI=1S/C13H10Br2N4/c1-2-12-18-11(15)6-13(19-12)17-10-5-9(14)4-3-8(10)7-16/h3-6H,2H2,1H3,(H,17,18,19). The van der Waals surface area contributed by atoms with Gasteiger partial charge in [-0.3, -0.25) is 0 Å². The summed E-state index contributed by atoms with van der Waals surface area (Å²) in [4.78, 5) is 8.62. The van der Waals surface area contributed by atoms with Gasteiger partial charge in [0.25, 0.3) is 0 Å². The molecule has 19 heavy (non-hydrogen) atoms. The number of anilines is 2. The third-order valence-corrected chi connectivity index (χ3v) is 3.32. The highest BCUT2D eigenvalue weighted by Gasteiger charge is 2.06. The maximum Gasteiger partial charge on any atom is 0.135 e. The fourth-order valence-corrected chi connectivity index (χ4v) is 2.32. The number of hydrogen-bond donors (Lipinski definition) is 1. The van der Waals surface area contributed by atoms with Crippen molar-refractivity contribution in [3.63, 3.8) is 0 Å². The molecule has 0 amide bonds. The van der Waals surface area contributed by atoms with Crippen molar-refractivity contribution in [3.05, 3.63) is 44.7 Å². The largest absolute Gasteiger partial charge is 0.339 e. The fourth-order valence-electron chi connectivity index (χ4n) is 1.54. The van der Waals surface area contributed by atoms with Crippen molar-refractivity contribution in [2.45, 2.75) is 13.3 Å². The molecule has 1 heterocycles. The summed E-state index contributed by atoms with van der Waals surface area (Å²) >= 11 is 6.74. The van der Waals surface area contributed by atoms with Crippen LogP contribution in [0.2, 0.25) is 0 Å². The Morgan fingerprint density at radius 3 is 2.74 bits per heavy atom. The summed E-state index contributed by atoms with van der Waals surface area (Å²) in [7, 11) is 0. The average molecular weight is 382 g/mol. The highest BCUT2D eigenvalue weighted by atomic mass is 79.9. The summed E-state index contributed by atoms with van der Waals surface area (Å²) in [5.74, 6) is 1.40. The Labute approximate surface area is 128 Å². The Balaban J connectivity index is 2.38. The zero-order chi connectivity index (χ0) is 13.8. The molecule has 0 unspecified atom stereocenters. The molecule has 96 valence electrons. The van der Waals surface area contributed by atoms with E-state index >= 15 is 0 Å². The number of rotatable bonds is 3. The first kappa shape index (κ1) is 14.0. The molecule has 0 spiro atoms. The second-order valence-electron chi connectivity index (χ2n) is 3.77. The minimum absolute atomic E-state index is 0.566. The van der Waals surface area contributed by atoms with Crippen LogP contribution in [0.4, 0.5) is 11.5 Å². The molecule has 2 rings (SSSR count). The van der Waals surface area contributed by atoms with E-state index in [1.807, 2.05) is 19.1 Å². The summed E-state index contributed by atoms with van der Waals surface area (Å²) in [5.41, 5.74) is 1.28. The summed E-state index contributed by atoms with van der Waals surface area (Å²) in [6, 6.07) is 9.36. The number of nitrogens with one attached hydrogen (secondary N) is 1. The van der Waals surface area contributed by atoms with Crippen LogP contribution < -0.4 is 5.32 Å². The lowest BCUT2D eigenvalue weighted by Gasteiger charge is -2.09. The van der Waals surface area contributed by atoms with Gasteiger partial charge in [0.15, 0.2) is 0 Å². The molecule has 0 bridgehead atoms. The molecule has 4 nitrogen and oxygen atoms in total. The van der Waals surface area contributed by atoms with Crippen LogP contribution in [0.25, 0.3) is 0 Å². The molecule has 0 saturated carbocycles. The van der Waals surface area contributed by atoms with Crippen LogP contribution in [-0.4, -0.2) is 9.97 Å². The van der Waals surface area contributed by atoms with Crippen molar-refractivity contribution in [3.8, 4) is 6.07 Å². The molecule has 0 aliphatic rings. The predicted molar refractivity (Wildman–Crippen MR) is 81.2 cm³/mol. The van der Waals surface area contributed by atoms with Gasteiger partial charge in [-0.25, -0.2) is 9.97 Å². The third kappa shape index (κ3) is 3.52. The first-order chi connectivity index (χ1) is 9.12. The van der Waals surface area contributed by atoms with E-state index < -0.39 is 0 Å². The number of halogens is 2. The fraction of sp³-hybridized carbons (Fsp3) is 0.154. The normalized spacial score (nSPS) is 10.0. The number of nitriles is 1. The van der Waals surface area contributed by atoms with Gasteiger partial charge in [0.2, 0.25) is 0 Å². The third-order valence-electron chi connectivity index (χ3n) is 2.42. The van der Waals surface area contributed by atoms with Gasteiger partial charge in [-0.1, -0.05) is 22.9 Å². The molecular formula is C13H10Br2N4. The predicted octanol–water partition coefficient (Wildman–Crippen LogP) is 4.18. The molecule has 0 atom stereocenters. The Morgan fingerprint density at radius 2 is 2.05 bits per heavy atom. The van der Waals surface area contributed by atoms with Crippen molar-refractivity contribution >= 4 is 43.4 Å². The number of hydrogen-bond acceptors (Lipinski definition) is 4. The molecule has 0 saturated heterocycles. The molecule has 0 radical (unpaired) electrons. The van der Waals surface area contributed by atoms with Crippen LogP contribution >= 0.6 is 31.9 Å². The lowest BCUT2D eigenvalue weighted by atomic mass is 10.2. The zero-order valence-electron chi connectivity index (χ0n) is 10.1. The lowest BCUT2D eigenvalue weighted by molar-refractivity contribution is 0.931. The van der Waals surface area contributed by atoms with Crippen LogP contribution in [0.1, 0.15) is 18.3 Å². The minimum atomic E-state index is 0.566. The van der Waals surface area contributed by atoms with Gasteiger partial charge in [0.1, 0.15) is 22.3 Å². The second-order valence-corrected chi connectivity index (χ2v) is 5.50. The smallest absolute Gasteiger partial charge is 0.135 e. The van der Waals surface area contributed by atoms with E-state index in [0.717, 1.165) is 21.3 Å². The molecular weight excluding hydrogens is 372 g/mol. The molecule has 0 fully saturated rings. The SMILES string of the molecule is CCc1nc(Br)cc(Nc2cc(Br)ccc2C#N)n1. The molecule has 1 N–H and O–H groups in total. The van der Waals surface area contributed by atoms with E-state index in [4.69, 9.17) is 5.26 Å². The van der Waals surface area contributed by atoms with E-state index in [2.05, 4.69) is 53.2 Å². The molecule has 1 aromatic carbocycles. The Kier molecular flexibility index (Phi) is 4.51. The van der Waals surface area contributed by atoms with Gasteiger partial charge in [-0.2, -0.15) is 5.26 Å². The highest BCUT2D eigenvalue weighted by Crippen LogP contribution is 2.24. The van der Waals surface area contributed by atoms with E-state index in [9.17, 15) is 0 Å². The van der Waals surface area contributed by atoms with Gasteiger partial charge in [0.05, 0.1) is 11.3 Å². The van der Waals surface area contributed by atoms with E-state index in [1.165, 1.54) is 0 Å². The van der Waals surface area contributed by atoms with Crippen molar-refractivity contribution < 1.29 is 0 Å². The second kappa shape index (κ2) is 6.13. The summed E-state index contributed by atoms with van der Waals surface area (Å²) < 4.78 is 1.62. The van der Waals surface area contributed by atoms with Gasteiger partial charge >= 0.3 is 0 Å². The van der Waals surface area contributed by atoms with Crippen LogP contribution in [0.15, 0.2) is 33.3 Å². The lowest BCUT2D eigenvalue weighted by Crippen LogP contribution is -2.01. The Hall–Kier alpha value is -1.45. The maximum absolute atomic E-state index is 9.10. The monoisotopic (exact) mass is 380 g/mol. The van der Waals surface area contributed by atoms with E-state index in [0.29, 0.717) is 17.1 Å². The average Bonchev–Trinajstić information content (AvgIpc) is 2.38. The molecule has 6 heteroatoms. The summed E-state index contributed by atoms with van der Waals surface area (Å²) in [6.45, 7) is 1.99. The number of nitrogens with zero attached hydrogens (tertiary/aromatic N) is 3. The van der Waals surface area contributed by atoms with Crippen LogP contribution in [0.3, 0.4) is 0 Å². The first-order valence-corrected chi connectivity index (χ1v) is 7.21. The van der Waals surface area contributed by atoms with Crippen LogP contribution in [0.5, 0.6) is 0 Å². The van der Waals surface area contributed by atoms with E-state index in [1.54, 1.807) is 12.1 Å². The van der Waals surface area contributed by atoms with Gasteiger partial charge in [-0.05, 0) is 34.1 Å². The number of aryl methyl sites for hydroxylation is 1. The van der Waals surface area contributed by atoms with Gasteiger partial charge < -0.3 is 5.32 Å². The summed E-state index contributed by atoms with van der Waals surface area (Å²) in [5, 5.41) is 12.2. The van der Waals surface area contributed by atoms with E-state index in [-0.39, 0.29) is 0 Å². The highest BCUT2D eigenvalue weighted by molar-refractivity contribution is 9.10. The number of aromatic nitrogens is 2.